The lowest BCUT2D eigenvalue weighted by molar-refractivity contribution is 0.130. The molecule has 0 aliphatic carbocycles. The van der Waals surface area contributed by atoms with Crippen LogP contribution >= 0.6 is 11.6 Å². The van der Waals surface area contributed by atoms with Crippen molar-refractivity contribution in [3.8, 4) is 5.75 Å². The molecule has 3 rings (SSSR count). The van der Waals surface area contributed by atoms with E-state index in [9.17, 15) is 17.2 Å². The predicted octanol–water partition coefficient (Wildman–Crippen LogP) is 3.25. The van der Waals surface area contributed by atoms with Gasteiger partial charge in [0.25, 0.3) is 0 Å². The fourth-order valence-electron chi connectivity index (χ4n) is 2.64. The molecule has 1 atom stereocenters. The second-order valence-corrected chi connectivity index (χ2v) is 7.97. The molecule has 2 aromatic rings. The summed E-state index contributed by atoms with van der Waals surface area (Å²) in [5.74, 6) is -1.87. The van der Waals surface area contributed by atoms with Crippen LogP contribution in [-0.2, 0) is 10.0 Å². The van der Waals surface area contributed by atoms with Crippen LogP contribution in [0.4, 0.5) is 8.78 Å². The van der Waals surface area contributed by atoms with E-state index in [1.54, 1.807) is 6.07 Å². The minimum Gasteiger partial charge on any atom is -0.487 e. The zero-order valence-corrected chi connectivity index (χ0v) is 14.6. The first-order valence-corrected chi connectivity index (χ1v) is 9.41. The fourth-order valence-corrected chi connectivity index (χ4v) is 4.33. The minimum absolute atomic E-state index is 0.0972. The minimum atomic E-state index is -3.94. The van der Waals surface area contributed by atoms with E-state index in [-0.39, 0.29) is 18.0 Å². The van der Waals surface area contributed by atoms with Gasteiger partial charge in [0.05, 0.1) is 11.4 Å². The highest BCUT2D eigenvalue weighted by molar-refractivity contribution is 7.89. The van der Waals surface area contributed by atoms with Crippen molar-refractivity contribution < 1.29 is 21.9 Å². The molecule has 25 heavy (non-hydrogen) atoms. The van der Waals surface area contributed by atoms with Crippen LogP contribution in [0.2, 0.25) is 5.02 Å². The van der Waals surface area contributed by atoms with E-state index >= 15 is 0 Å². The predicted molar refractivity (Wildman–Crippen MR) is 88.0 cm³/mol. The third kappa shape index (κ3) is 3.91. The summed E-state index contributed by atoms with van der Waals surface area (Å²) in [6, 6.07) is 4.15. The third-order valence-electron chi connectivity index (χ3n) is 3.90. The van der Waals surface area contributed by atoms with Gasteiger partial charge in [-0.25, -0.2) is 17.2 Å². The Bertz CT molecular complexity index is 879. The maximum absolute atomic E-state index is 13.4. The quantitative estimate of drug-likeness (QED) is 0.806. The van der Waals surface area contributed by atoms with Gasteiger partial charge in [0.1, 0.15) is 16.9 Å². The number of rotatable bonds is 4. The molecule has 0 saturated carbocycles. The number of hydrogen-bond donors (Lipinski definition) is 0. The highest BCUT2D eigenvalue weighted by Crippen LogP contribution is 2.27. The number of piperidine rings is 1. The van der Waals surface area contributed by atoms with Gasteiger partial charge in [0.2, 0.25) is 10.0 Å². The molecular formula is C16H15ClF2N2O3S. The molecule has 1 unspecified atom stereocenters. The molecule has 0 radical (unpaired) electrons. The summed E-state index contributed by atoms with van der Waals surface area (Å²) in [7, 11) is -3.94. The van der Waals surface area contributed by atoms with Crippen molar-refractivity contribution in [3.63, 3.8) is 0 Å². The maximum atomic E-state index is 13.4. The SMILES string of the molecule is O=S(=O)(c1ccc(F)c(F)c1)N1CCCC(Oc2ccncc2Cl)C1. The first-order valence-electron chi connectivity index (χ1n) is 7.59. The number of sulfonamides is 1. The van der Waals surface area contributed by atoms with E-state index in [1.165, 1.54) is 16.7 Å². The van der Waals surface area contributed by atoms with Crippen molar-refractivity contribution in [1.29, 1.82) is 0 Å². The Morgan fingerprint density at radius 3 is 2.76 bits per heavy atom. The van der Waals surface area contributed by atoms with E-state index in [2.05, 4.69) is 4.98 Å². The topological polar surface area (TPSA) is 59.5 Å². The summed E-state index contributed by atoms with van der Waals surface area (Å²) >= 11 is 6.00. The van der Waals surface area contributed by atoms with Crippen molar-refractivity contribution in [3.05, 3.63) is 53.3 Å². The molecule has 1 saturated heterocycles. The van der Waals surface area contributed by atoms with Gasteiger partial charge in [-0.05, 0) is 31.0 Å². The molecule has 1 fully saturated rings. The second kappa shape index (κ2) is 7.23. The van der Waals surface area contributed by atoms with Crippen LogP contribution in [0.15, 0.2) is 41.6 Å². The summed E-state index contributed by atoms with van der Waals surface area (Å²) in [5, 5.41) is 0.336. The molecule has 0 bridgehead atoms. The summed E-state index contributed by atoms with van der Waals surface area (Å²) in [4.78, 5) is 3.58. The number of aromatic nitrogens is 1. The van der Waals surface area contributed by atoms with E-state index in [0.717, 1.165) is 12.1 Å². The smallest absolute Gasteiger partial charge is 0.243 e. The molecule has 1 aliphatic heterocycles. The molecule has 9 heteroatoms. The molecule has 134 valence electrons. The summed E-state index contributed by atoms with van der Waals surface area (Å²) in [5.41, 5.74) is 0. The number of halogens is 3. The zero-order valence-electron chi connectivity index (χ0n) is 13.0. The summed E-state index contributed by atoms with van der Waals surface area (Å²) in [6.07, 6.45) is 3.81. The van der Waals surface area contributed by atoms with Crippen molar-refractivity contribution in [2.45, 2.75) is 23.8 Å². The molecule has 0 spiro atoms. The van der Waals surface area contributed by atoms with Crippen molar-refractivity contribution in [2.24, 2.45) is 0 Å². The number of hydrogen-bond acceptors (Lipinski definition) is 4. The molecule has 1 aliphatic rings. The molecule has 0 N–H and O–H groups in total. The van der Waals surface area contributed by atoms with Gasteiger partial charge in [0.15, 0.2) is 11.6 Å². The van der Waals surface area contributed by atoms with Crippen LogP contribution in [0.25, 0.3) is 0 Å². The number of pyridine rings is 1. The average Bonchev–Trinajstić information content (AvgIpc) is 2.59. The van der Waals surface area contributed by atoms with Gasteiger partial charge < -0.3 is 4.74 Å². The summed E-state index contributed by atoms with van der Waals surface area (Å²) < 4.78 is 58.7. The zero-order chi connectivity index (χ0) is 18.0. The first kappa shape index (κ1) is 18.0. The van der Waals surface area contributed by atoms with Crippen LogP contribution in [0.1, 0.15) is 12.8 Å². The first-order chi connectivity index (χ1) is 11.9. The third-order valence-corrected chi connectivity index (χ3v) is 6.04. The largest absolute Gasteiger partial charge is 0.487 e. The van der Waals surface area contributed by atoms with Crippen molar-refractivity contribution in [1.82, 2.24) is 9.29 Å². The van der Waals surface area contributed by atoms with Gasteiger partial charge in [-0.3, -0.25) is 4.98 Å². The van der Waals surface area contributed by atoms with Crippen LogP contribution in [0.5, 0.6) is 5.75 Å². The Hall–Kier alpha value is -1.77. The number of ether oxygens (including phenoxy) is 1. The van der Waals surface area contributed by atoms with E-state index in [0.29, 0.717) is 29.7 Å². The highest BCUT2D eigenvalue weighted by Gasteiger charge is 2.32. The van der Waals surface area contributed by atoms with Gasteiger partial charge >= 0.3 is 0 Å². The maximum Gasteiger partial charge on any atom is 0.243 e. The summed E-state index contributed by atoms with van der Waals surface area (Å²) in [6.45, 7) is 0.380. The highest BCUT2D eigenvalue weighted by atomic mass is 35.5. The van der Waals surface area contributed by atoms with Crippen LogP contribution in [0.3, 0.4) is 0 Å². The van der Waals surface area contributed by atoms with E-state index in [4.69, 9.17) is 16.3 Å². The lowest BCUT2D eigenvalue weighted by Crippen LogP contribution is -2.44. The van der Waals surface area contributed by atoms with Gasteiger partial charge in [-0.2, -0.15) is 4.31 Å². The molecule has 1 aromatic carbocycles. The Balaban J connectivity index is 1.78. The Morgan fingerprint density at radius 1 is 1.24 bits per heavy atom. The van der Waals surface area contributed by atoms with E-state index < -0.39 is 27.8 Å². The Morgan fingerprint density at radius 2 is 2.04 bits per heavy atom. The molecule has 2 heterocycles. The Labute approximate surface area is 149 Å². The van der Waals surface area contributed by atoms with Gasteiger partial charge in [0, 0.05) is 25.0 Å². The van der Waals surface area contributed by atoms with Crippen molar-refractivity contribution in [2.75, 3.05) is 13.1 Å². The van der Waals surface area contributed by atoms with Gasteiger partial charge in [-0.15, -0.1) is 0 Å². The number of nitrogens with zero attached hydrogens (tertiary/aromatic N) is 2. The van der Waals surface area contributed by atoms with E-state index in [1.807, 2.05) is 0 Å². The molecule has 0 amide bonds. The standard InChI is InChI=1S/C16H15ClF2N2O3S/c17-13-9-20-6-5-16(13)24-11-2-1-7-21(10-11)25(22,23)12-3-4-14(18)15(19)8-12/h3-6,8-9,11H,1-2,7,10H2. The fraction of sp³-hybridized carbons (Fsp3) is 0.312. The lowest BCUT2D eigenvalue weighted by atomic mass is 10.1. The van der Waals surface area contributed by atoms with Crippen LogP contribution in [0, 0.1) is 11.6 Å². The molecule has 1 aromatic heterocycles. The lowest BCUT2D eigenvalue weighted by Gasteiger charge is -2.32. The van der Waals surface area contributed by atoms with Crippen LogP contribution in [-0.4, -0.2) is 36.9 Å². The second-order valence-electron chi connectivity index (χ2n) is 5.63. The van der Waals surface area contributed by atoms with Crippen molar-refractivity contribution >= 4 is 21.6 Å². The van der Waals surface area contributed by atoms with Crippen LogP contribution < -0.4 is 4.74 Å². The number of benzene rings is 1. The monoisotopic (exact) mass is 388 g/mol. The van der Waals surface area contributed by atoms with Gasteiger partial charge in [-0.1, -0.05) is 11.6 Å². The molecule has 5 nitrogen and oxygen atoms in total. The average molecular weight is 389 g/mol. The molecular weight excluding hydrogens is 374 g/mol. The normalized spacial score (nSPS) is 18.9. The Kier molecular flexibility index (Phi) is 5.21.